The average molecular weight is 338 g/mol. The molecule has 0 aromatic heterocycles. The maximum Gasteiger partial charge on any atom is 0.125 e. The van der Waals surface area contributed by atoms with Crippen LogP contribution in [0.15, 0.2) is 42.5 Å². The van der Waals surface area contributed by atoms with Crippen molar-refractivity contribution in [1.29, 1.82) is 0 Å². The van der Waals surface area contributed by atoms with Gasteiger partial charge in [0.05, 0.1) is 7.11 Å². The van der Waals surface area contributed by atoms with Crippen LogP contribution in [0.5, 0.6) is 5.75 Å². The third kappa shape index (κ3) is 4.64. The van der Waals surface area contributed by atoms with Crippen LogP contribution in [0.4, 0.5) is 0 Å². The molecule has 0 aliphatic heterocycles. The molecule has 0 saturated heterocycles. The van der Waals surface area contributed by atoms with Crippen LogP contribution in [0.25, 0.3) is 0 Å². The fourth-order valence-electron chi connectivity index (χ4n) is 3.34. The van der Waals surface area contributed by atoms with Crippen LogP contribution in [0.1, 0.15) is 61.8 Å². The summed E-state index contributed by atoms with van der Waals surface area (Å²) in [6, 6.07) is 15.6. The smallest absolute Gasteiger partial charge is 0.125 e. The monoisotopic (exact) mass is 337 g/mol. The van der Waals surface area contributed by atoms with Gasteiger partial charge in [0, 0.05) is 6.54 Å². The van der Waals surface area contributed by atoms with E-state index in [4.69, 9.17) is 4.74 Å². The van der Waals surface area contributed by atoms with Crippen LogP contribution >= 0.6 is 0 Å². The molecule has 1 aliphatic carbocycles. The second kappa shape index (κ2) is 7.61. The number of hydrogen-bond donors (Lipinski definition) is 1. The van der Waals surface area contributed by atoms with Crippen molar-refractivity contribution in [2.75, 3.05) is 13.7 Å². The standard InChI is InChI=1S/C23H31NO/c1-23(2,3)20-12-8-17(9-13-20)16-24-15-14-19-6-5-7-21(18-10-11-18)22(19)25-4/h5-9,12-13,18,24H,10-11,14-16H2,1-4H3. The van der Waals surface area contributed by atoms with Gasteiger partial charge in [-0.05, 0) is 59.4 Å². The third-order valence-electron chi connectivity index (χ3n) is 5.07. The van der Waals surface area contributed by atoms with E-state index in [1.807, 2.05) is 0 Å². The van der Waals surface area contributed by atoms with Gasteiger partial charge in [-0.2, -0.15) is 0 Å². The molecule has 3 rings (SSSR count). The lowest BCUT2D eigenvalue weighted by Crippen LogP contribution is -2.17. The molecule has 1 saturated carbocycles. The van der Waals surface area contributed by atoms with Gasteiger partial charge >= 0.3 is 0 Å². The molecule has 1 fully saturated rings. The molecule has 0 heterocycles. The van der Waals surface area contributed by atoms with Crippen molar-refractivity contribution in [3.63, 3.8) is 0 Å². The SMILES string of the molecule is COc1c(CCNCc2ccc(C(C)(C)C)cc2)cccc1C1CC1. The van der Waals surface area contributed by atoms with Crippen molar-refractivity contribution in [3.05, 3.63) is 64.7 Å². The largest absolute Gasteiger partial charge is 0.496 e. The number of rotatable bonds is 7. The maximum absolute atomic E-state index is 5.71. The Morgan fingerprint density at radius 1 is 1.04 bits per heavy atom. The summed E-state index contributed by atoms with van der Waals surface area (Å²) >= 11 is 0. The van der Waals surface area contributed by atoms with E-state index in [0.29, 0.717) is 0 Å². The molecule has 0 radical (unpaired) electrons. The Labute approximate surface area is 152 Å². The summed E-state index contributed by atoms with van der Waals surface area (Å²) in [5, 5.41) is 3.57. The van der Waals surface area contributed by atoms with E-state index in [1.165, 1.54) is 35.1 Å². The molecule has 0 atom stereocenters. The van der Waals surface area contributed by atoms with E-state index in [0.717, 1.165) is 31.2 Å². The van der Waals surface area contributed by atoms with Gasteiger partial charge in [-0.1, -0.05) is 63.2 Å². The fourth-order valence-corrected chi connectivity index (χ4v) is 3.34. The Bertz CT molecular complexity index is 693. The van der Waals surface area contributed by atoms with Crippen molar-refractivity contribution in [3.8, 4) is 5.75 Å². The number of ether oxygens (including phenoxy) is 1. The molecule has 2 nitrogen and oxygen atoms in total. The molecular formula is C23H31NO. The van der Waals surface area contributed by atoms with Gasteiger partial charge in [0.2, 0.25) is 0 Å². The first-order valence-electron chi connectivity index (χ1n) is 9.45. The normalized spacial score (nSPS) is 14.6. The average Bonchev–Trinajstić information content (AvgIpc) is 3.43. The van der Waals surface area contributed by atoms with Crippen LogP contribution in [0.3, 0.4) is 0 Å². The molecule has 0 amide bonds. The highest BCUT2D eigenvalue weighted by Crippen LogP contribution is 2.45. The maximum atomic E-state index is 5.71. The zero-order chi connectivity index (χ0) is 17.9. The third-order valence-corrected chi connectivity index (χ3v) is 5.07. The Morgan fingerprint density at radius 2 is 1.76 bits per heavy atom. The van der Waals surface area contributed by atoms with Crippen molar-refractivity contribution >= 4 is 0 Å². The van der Waals surface area contributed by atoms with Crippen LogP contribution in [-0.2, 0) is 18.4 Å². The number of nitrogens with one attached hydrogen (secondary N) is 1. The van der Waals surface area contributed by atoms with E-state index in [9.17, 15) is 0 Å². The van der Waals surface area contributed by atoms with Crippen LogP contribution in [0, 0.1) is 0 Å². The van der Waals surface area contributed by atoms with E-state index in [1.54, 1.807) is 7.11 Å². The van der Waals surface area contributed by atoms with E-state index in [-0.39, 0.29) is 5.41 Å². The molecule has 25 heavy (non-hydrogen) atoms. The lowest BCUT2D eigenvalue weighted by Gasteiger charge is -2.19. The lowest BCUT2D eigenvalue weighted by atomic mass is 9.87. The zero-order valence-corrected chi connectivity index (χ0v) is 16.1. The number of hydrogen-bond acceptors (Lipinski definition) is 2. The Hall–Kier alpha value is -1.80. The molecular weight excluding hydrogens is 306 g/mol. The molecule has 1 N–H and O–H groups in total. The first kappa shape index (κ1) is 18.0. The molecule has 0 unspecified atom stereocenters. The summed E-state index contributed by atoms with van der Waals surface area (Å²) in [4.78, 5) is 0. The van der Waals surface area contributed by atoms with E-state index in [2.05, 4.69) is 68.6 Å². The Kier molecular flexibility index (Phi) is 5.48. The van der Waals surface area contributed by atoms with Crippen molar-refractivity contribution in [2.45, 2.75) is 57.9 Å². The summed E-state index contributed by atoms with van der Waals surface area (Å²) in [7, 11) is 1.80. The van der Waals surface area contributed by atoms with Crippen LogP contribution < -0.4 is 10.1 Å². The zero-order valence-electron chi connectivity index (χ0n) is 16.1. The second-order valence-electron chi connectivity index (χ2n) is 8.19. The van der Waals surface area contributed by atoms with Crippen molar-refractivity contribution in [1.82, 2.24) is 5.32 Å². The highest BCUT2D eigenvalue weighted by atomic mass is 16.5. The number of benzene rings is 2. The number of para-hydroxylation sites is 1. The first-order valence-corrected chi connectivity index (χ1v) is 9.45. The van der Waals surface area contributed by atoms with Gasteiger partial charge < -0.3 is 10.1 Å². The minimum Gasteiger partial charge on any atom is -0.496 e. The minimum absolute atomic E-state index is 0.217. The van der Waals surface area contributed by atoms with Gasteiger partial charge in [0.1, 0.15) is 5.75 Å². The highest BCUT2D eigenvalue weighted by Gasteiger charge is 2.27. The van der Waals surface area contributed by atoms with Gasteiger partial charge in [-0.3, -0.25) is 0 Å². The van der Waals surface area contributed by atoms with Gasteiger partial charge in [-0.15, -0.1) is 0 Å². The summed E-state index contributed by atoms with van der Waals surface area (Å²) in [5.41, 5.74) is 5.67. The topological polar surface area (TPSA) is 21.3 Å². The van der Waals surface area contributed by atoms with Gasteiger partial charge in [0.25, 0.3) is 0 Å². The Morgan fingerprint density at radius 3 is 2.36 bits per heavy atom. The Balaban J connectivity index is 1.53. The van der Waals surface area contributed by atoms with E-state index < -0.39 is 0 Å². The molecule has 1 aliphatic rings. The molecule has 2 aromatic carbocycles. The van der Waals surface area contributed by atoms with Crippen molar-refractivity contribution in [2.24, 2.45) is 0 Å². The van der Waals surface area contributed by atoms with Crippen LogP contribution in [-0.4, -0.2) is 13.7 Å². The first-order chi connectivity index (χ1) is 12.0. The summed E-state index contributed by atoms with van der Waals surface area (Å²) in [6.07, 6.45) is 3.62. The van der Waals surface area contributed by atoms with Gasteiger partial charge in [0.15, 0.2) is 0 Å². The minimum atomic E-state index is 0.217. The summed E-state index contributed by atoms with van der Waals surface area (Å²) in [6.45, 7) is 8.64. The lowest BCUT2D eigenvalue weighted by molar-refractivity contribution is 0.404. The number of methoxy groups -OCH3 is 1. The highest BCUT2D eigenvalue weighted by molar-refractivity contribution is 5.45. The molecule has 0 bridgehead atoms. The van der Waals surface area contributed by atoms with Gasteiger partial charge in [-0.25, -0.2) is 0 Å². The fraction of sp³-hybridized carbons (Fsp3) is 0.478. The predicted octanol–water partition coefficient (Wildman–Crippen LogP) is 5.20. The van der Waals surface area contributed by atoms with Crippen molar-refractivity contribution < 1.29 is 4.74 Å². The quantitative estimate of drug-likeness (QED) is 0.701. The van der Waals surface area contributed by atoms with E-state index >= 15 is 0 Å². The summed E-state index contributed by atoms with van der Waals surface area (Å²) < 4.78 is 5.71. The second-order valence-corrected chi connectivity index (χ2v) is 8.19. The predicted molar refractivity (Wildman–Crippen MR) is 106 cm³/mol. The molecule has 134 valence electrons. The van der Waals surface area contributed by atoms with Crippen LogP contribution in [0.2, 0.25) is 0 Å². The summed E-state index contributed by atoms with van der Waals surface area (Å²) in [5.74, 6) is 1.84. The molecule has 0 spiro atoms. The molecule has 2 heteroatoms. The molecule has 2 aromatic rings.